The van der Waals surface area contributed by atoms with E-state index in [0.29, 0.717) is 0 Å². The zero-order valence-corrected chi connectivity index (χ0v) is 13.1. The van der Waals surface area contributed by atoms with Crippen LogP contribution >= 0.6 is 0 Å². The zero-order valence-electron chi connectivity index (χ0n) is 13.1. The maximum Gasteiger partial charge on any atom is 0.0606 e. The molecule has 3 rings (SSSR count). The first-order valence-electron chi connectivity index (χ1n) is 7.64. The van der Waals surface area contributed by atoms with Gasteiger partial charge in [-0.05, 0) is 56.0 Å². The van der Waals surface area contributed by atoms with Crippen LogP contribution in [-0.2, 0) is 13.0 Å². The van der Waals surface area contributed by atoms with E-state index in [9.17, 15) is 0 Å². The van der Waals surface area contributed by atoms with Crippen molar-refractivity contribution in [1.29, 1.82) is 0 Å². The number of rotatable bonds is 3. The van der Waals surface area contributed by atoms with Gasteiger partial charge >= 0.3 is 0 Å². The van der Waals surface area contributed by atoms with Gasteiger partial charge in [0.25, 0.3) is 0 Å². The van der Waals surface area contributed by atoms with Crippen molar-refractivity contribution in [2.45, 2.75) is 33.2 Å². The van der Waals surface area contributed by atoms with Crippen LogP contribution in [0.5, 0.6) is 0 Å². The molecule has 1 aromatic carbocycles. The van der Waals surface area contributed by atoms with Crippen LogP contribution in [0.2, 0.25) is 0 Å². The van der Waals surface area contributed by atoms with E-state index in [1.54, 1.807) is 0 Å². The highest BCUT2D eigenvalue weighted by Crippen LogP contribution is 2.27. The van der Waals surface area contributed by atoms with Gasteiger partial charge in [0.15, 0.2) is 0 Å². The Hall–Kier alpha value is -2.03. The molecule has 21 heavy (non-hydrogen) atoms. The van der Waals surface area contributed by atoms with Crippen LogP contribution in [0, 0.1) is 13.8 Å². The zero-order chi connectivity index (χ0) is 14.8. The standard InChI is InChI=1S/C18H23N3/c1-13-6-8-17(14(2)20-13)19-12-15-7-9-18-16(11-15)5-4-10-21(18)3/h6-9,11,19H,4-5,10,12H2,1-3H3. The van der Waals surface area contributed by atoms with Gasteiger partial charge in [-0.2, -0.15) is 0 Å². The fourth-order valence-corrected chi connectivity index (χ4v) is 3.02. The van der Waals surface area contributed by atoms with Crippen molar-refractivity contribution < 1.29 is 0 Å². The van der Waals surface area contributed by atoms with Crippen molar-refractivity contribution in [3.8, 4) is 0 Å². The average molecular weight is 281 g/mol. The quantitative estimate of drug-likeness (QED) is 0.930. The maximum atomic E-state index is 4.50. The molecule has 0 unspecified atom stereocenters. The lowest BCUT2D eigenvalue weighted by molar-refractivity contribution is 0.743. The van der Waals surface area contributed by atoms with Gasteiger partial charge in [0, 0.05) is 31.5 Å². The summed E-state index contributed by atoms with van der Waals surface area (Å²) in [7, 11) is 2.18. The first-order chi connectivity index (χ1) is 10.1. The predicted molar refractivity (Wildman–Crippen MR) is 89.1 cm³/mol. The van der Waals surface area contributed by atoms with E-state index in [1.165, 1.54) is 36.2 Å². The second-order valence-electron chi connectivity index (χ2n) is 5.93. The Labute approximate surface area is 127 Å². The molecule has 0 fully saturated rings. The fourth-order valence-electron chi connectivity index (χ4n) is 3.02. The number of nitrogens with zero attached hydrogens (tertiary/aromatic N) is 2. The number of aryl methyl sites for hydroxylation is 3. The molecule has 3 heteroatoms. The van der Waals surface area contributed by atoms with Gasteiger partial charge in [-0.1, -0.05) is 12.1 Å². The van der Waals surface area contributed by atoms with E-state index in [2.05, 4.69) is 59.5 Å². The second kappa shape index (κ2) is 5.76. The Kier molecular flexibility index (Phi) is 3.82. The van der Waals surface area contributed by atoms with Crippen molar-refractivity contribution in [3.05, 3.63) is 52.8 Å². The predicted octanol–water partition coefficient (Wildman–Crippen LogP) is 3.69. The van der Waals surface area contributed by atoms with Crippen LogP contribution in [0.1, 0.15) is 28.9 Å². The minimum atomic E-state index is 0.850. The molecule has 0 saturated carbocycles. The molecule has 0 amide bonds. The molecule has 0 saturated heterocycles. The molecule has 0 radical (unpaired) electrons. The van der Waals surface area contributed by atoms with Crippen molar-refractivity contribution in [3.63, 3.8) is 0 Å². The number of hydrogen-bond acceptors (Lipinski definition) is 3. The third-order valence-electron chi connectivity index (χ3n) is 4.20. The van der Waals surface area contributed by atoms with Crippen LogP contribution in [0.4, 0.5) is 11.4 Å². The molecule has 0 bridgehead atoms. The van der Waals surface area contributed by atoms with E-state index in [-0.39, 0.29) is 0 Å². The highest BCUT2D eigenvalue weighted by Gasteiger charge is 2.13. The number of benzene rings is 1. The SMILES string of the molecule is Cc1ccc(NCc2ccc3c(c2)CCCN3C)c(C)n1. The van der Waals surface area contributed by atoms with Gasteiger partial charge in [0.1, 0.15) is 0 Å². The van der Waals surface area contributed by atoms with E-state index >= 15 is 0 Å². The van der Waals surface area contributed by atoms with Gasteiger partial charge in [-0.3, -0.25) is 4.98 Å². The number of anilines is 2. The summed E-state index contributed by atoms with van der Waals surface area (Å²) in [6.45, 7) is 6.09. The molecule has 110 valence electrons. The van der Waals surface area contributed by atoms with Crippen molar-refractivity contribution in [1.82, 2.24) is 4.98 Å². The Morgan fingerprint density at radius 3 is 2.86 bits per heavy atom. The van der Waals surface area contributed by atoms with Crippen LogP contribution in [0.25, 0.3) is 0 Å². The third-order valence-corrected chi connectivity index (χ3v) is 4.20. The summed E-state index contributed by atoms with van der Waals surface area (Å²) >= 11 is 0. The lowest BCUT2D eigenvalue weighted by Crippen LogP contribution is -2.24. The number of fused-ring (bicyclic) bond motifs is 1. The average Bonchev–Trinajstić information content (AvgIpc) is 2.46. The van der Waals surface area contributed by atoms with Gasteiger partial charge in [0.05, 0.1) is 11.4 Å². The second-order valence-corrected chi connectivity index (χ2v) is 5.93. The van der Waals surface area contributed by atoms with E-state index in [0.717, 1.165) is 23.6 Å². The molecule has 0 atom stereocenters. The Morgan fingerprint density at radius 1 is 1.19 bits per heavy atom. The smallest absolute Gasteiger partial charge is 0.0606 e. The van der Waals surface area contributed by atoms with Crippen LogP contribution in [0.3, 0.4) is 0 Å². The summed E-state index contributed by atoms with van der Waals surface area (Å²) in [6, 6.07) is 11.0. The fraction of sp³-hybridized carbons (Fsp3) is 0.389. The van der Waals surface area contributed by atoms with Gasteiger partial charge in [-0.15, -0.1) is 0 Å². The first kappa shape index (κ1) is 13.9. The normalized spacial score (nSPS) is 14.0. The molecule has 2 heterocycles. The maximum absolute atomic E-state index is 4.50. The van der Waals surface area contributed by atoms with Crippen molar-refractivity contribution in [2.75, 3.05) is 23.8 Å². The summed E-state index contributed by atoms with van der Waals surface area (Å²) in [5.74, 6) is 0. The molecular formula is C18H23N3. The van der Waals surface area contributed by atoms with E-state index in [4.69, 9.17) is 0 Å². The largest absolute Gasteiger partial charge is 0.380 e. The summed E-state index contributed by atoms with van der Waals surface area (Å²) in [5.41, 5.74) is 7.45. The highest BCUT2D eigenvalue weighted by molar-refractivity contribution is 5.57. The first-order valence-corrected chi connectivity index (χ1v) is 7.64. The van der Waals surface area contributed by atoms with Crippen LogP contribution in [-0.4, -0.2) is 18.6 Å². The monoisotopic (exact) mass is 281 g/mol. The number of hydrogen-bond donors (Lipinski definition) is 1. The van der Waals surface area contributed by atoms with Crippen LogP contribution in [0.15, 0.2) is 30.3 Å². The number of nitrogens with one attached hydrogen (secondary N) is 1. The lowest BCUT2D eigenvalue weighted by Gasteiger charge is -2.28. The molecule has 0 aliphatic carbocycles. The Bertz CT molecular complexity index is 649. The van der Waals surface area contributed by atoms with E-state index < -0.39 is 0 Å². The summed E-state index contributed by atoms with van der Waals surface area (Å²) < 4.78 is 0. The Balaban J connectivity index is 1.73. The molecular weight excluding hydrogens is 258 g/mol. The topological polar surface area (TPSA) is 28.2 Å². The molecule has 1 aliphatic rings. The molecule has 1 aromatic heterocycles. The molecule has 2 aromatic rings. The minimum absolute atomic E-state index is 0.850. The summed E-state index contributed by atoms with van der Waals surface area (Å²) in [4.78, 5) is 6.85. The number of aromatic nitrogens is 1. The third kappa shape index (κ3) is 3.02. The summed E-state index contributed by atoms with van der Waals surface area (Å²) in [5, 5.41) is 3.50. The van der Waals surface area contributed by atoms with Crippen LogP contribution < -0.4 is 10.2 Å². The molecule has 1 N–H and O–H groups in total. The van der Waals surface area contributed by atoms with Gasteiger partial charge in [0.2, 0.25) is 0 Å². The molecule has 3 nitrogen and oxygen atoms in total. The van der Waals surface area contributed by atoms with Crippen molar-refractivity contribution in [2.24, 2.45) is 0 Å². The lowest BCUT2D eigenvalue weighted by atomic mass is 9.99. The number of pyridine rings is 1. The van der Waals surface area contributed by atoms with Crippen molar-refractivity contribution >= 4 is 11.4 Å². The van der Waals surface area contributed by atoms with Gasteiger partial charge in [-0.25, -0.2) is 0 Å². The minimum Gasteiger partial charge on any atom is -0.380 e. The summed E-state index contributed by atoms with van der Waals surface area (Å²) in [6.07, 6.45) is 2.44. The van der Waals surface area contributed by atoms with E-state index in [1.807, 2.05) is 6.92 Å². The highest BCUT2D eigenvalue weighted by atomic mass is 15.1. The molecule has 1 aliphatic heterocycles. The molecule has 0 spiro atoms. The Morgan fingerprint density at radius 2 is 2.05 bits per heavy atom. The van der Waals surface area contributed by atoms with Gasteiger partial charge < -0.3 is 10.2 Å².